The summed E-state index contributed by atoms with van der Waals surface area (Å²) < 4.78 is 2.00. The molecular formula is C14H19Cl2N5. The average Bonchev–Trinajstić information content (AvgIpc) is 2.93. The van der Waals surface area contributed by atoms with Gasteiger partial charge in [-0.25, -0.2) is 9.97 Å². The van der Waals surface area contributed by atoms with Crippen molar-refractivity contribution in [1.29, 1.82) is 0 Å². The number of rotatable bonds is 7. The molecule has 21 heavy (non-hydrogen) atoms. The van der Waals surface area contributed by atoms with Gasteiger partial charge in [-0.2, -0.15) is 0 Å². The molecule has 0 aliphatic carbocycles. The molecule has 0 saturated heterocycles. The minimum absolute atomic E-state index is 0.157. The van der Waals surface area contributed by atoms with Gasteiger partial charge in [-0.3, -0.25) is 0 Å². The van der Waals surface area contributed by atoms with Gasteiger partial charge in [0.25, 0.3) is 0 Å². The van der Waals surface area contributed by atoms with Crippen molar-refractivity contribution in [2.24, 2.45) is 0 Å². The first kappa shape index (κ1) is 15.9. The lowest BCUT2D eigenvalue weighted by Crippen LogP contribution is -2.22. The molecule has 2 N–H and O–H groups in total. The molecule has 0 aliphatic rings. The van der Waals surface area contributed by atoms with Gasteiger partial charge < -0.3 is 15.2 Å². The van der Waals surface area contributed by atoms with Crippen LogP contribution in [0.3, 0.4) is 0 Å². The maximum absolute atomic E-state index is 6.21. The molecule has 1 unspecified atom stereocenters. The molecule has 5 nitrogen and oxygen atoms in total. The number of nitrogens with one attached hydrogen (secondary N) is 2. The van der Waals surface area contributed by atoms with Crippen molar-refractivity contribution in [3.63, 3.8) is 0 Å². The highest BCUT2D eigenvalue weighted by Crippen LogP contribution is 2.29. The van der Waals surface area contributed by atoms with Crippen LogP contribution in [0.15, 0.2) is 24.8 Å². The third-order valence-corrected chi connectivity index (χ3v) is 3.48. The van der Waals surface area contributed by atoms with Gasteiger partial charge in [-0.15, -0.1) is 0 Å². The smallest absolute Gasteiger partial charge is 0.147 e. The predicted octanol–water partition coefficient (Wildman–Crippen LogP) is 3.91. The topological polar surface area (TPSA) is 54.8 Å². The van der Waals surface area contributed by atoms with Crippen LogP contribution < -0.4 is 10.6 Å². The first-order chi connectivity index (χ1) is 10.1. The number of anilines is 2. The normalized spacial score (nSPS) is 12.2. The van der Waals surface area contributed by atoms with Gasteiger partial charge in [0, 0.05) is 31.5 Å². The SMILES string of the molecule is CCCNc1nc(NC(C)Cn2ccnc2)c(Cl)cc1Cl. The van der Waals surface area contributed by atoms with Crippen LogP contribution in [0, 0.1) is 0 Å². The Morgan fingerprint density at radius 2 is 2.05 bits per heavy atom. The quantitative estimate of drug-likeness (QED) is 0.809. The van der Waals surface area contributed by atoms with Gasteiger partial charge in [0.15, 0.2) is 0 Å². The Morgan fingerprint density at radius 1 is 1.29 bits per heavy atom. The lowest BCUT2D eigenvalue weighted by molar-refractivity contribution is 0.617. The number of halogens is 2. The molecule has 7 heteroatoms. The molecule has 0 radical (unpaired) electrons. The fraction of sp³-hybridized carbons (Fsp3) is 0.429. The van der Waals surface area contributed by atoms with Crippen LogP contribution in [0.25, 0.3) is 0 Å². The van der Waals surface area contributed by atoms with Crippen LogP contribution in [-0.2, 0) is 6.54 Å². The molecule has 2 heterocycles. The first-order valence-corrected chi connectivity index (χ1v) is 7.68. The Balaban J connectivity index is 2.07. The maximum atomic E-state index is 6.21. The molecule has 0 spiro atoms. The number of hydrogen-bond donors (Lipinski definition) is 2. The fourth-order valence-corrected chi connectivity index (χ4v) is 2.41. The zero-order valence-corrected chi connectivity index (χ0v) is 13.6. The summed E-state index contributed by atoms with van der Waals surface area (Å²) in [6.07, 6.45) is 6.46. The lowest BCUT2D eigenvalue weighted by atomic mass is 10.3. The van der Waals surface area contributed by atoms with Crippen molar-refractivity contribution in [3.8, 4) is 0 Å². The van der Waals surface area contributed by atoms with Crippen LogP contribution >= 0.6 is 23.2 Å². The number of imidazole rings is 1. The van der Waals surface area contributed by atoms with E-state index in [0.717, 1.165) is 19.5 Å². The second-order valence-electron chi connectivity index (χ2n) is 4.88. The van der Waals surface area contributed by atoms with E-state index in [1.807, 2.05) is 10.8 Å². The molecule has 0 aromatic carbocycles. The largest absolute Gasteiger partial charge is 0.369 e. The van der Waals surface area contributed by atoms with E-state index in [1.54, 1.807) is 18.6 Å². The third kappa shape index (κ3) is 4.51. The Labute approximate surface area is 134 Å². The molecule has 2 aromatic rings. The molecule has 2 rings (SSSR count). The molecule has 1 atom stereocenters. The lowest BCUT2D eigenvalue weighted by Gasteiger charge is -2.17. The summed E-state index contributed by atoms with van der Waals surface area (Å²) in [7, 11) is 0. The van der Waals surface area contributed by atoms with Crippen LogP contribution in [0.5, 0.6) is 0 Å². The highest BCUT2D eigenvalue weighted by Gasteiger charge is 2.11. The Morgan fingerprint density at radius 3 is 2.71 bits per heavy atom. The standard InChI is InChI=1S/C14H19Cl2N5/c1-3-4-18-13-11(15)7-12(16)14(20-13)19-10(2)8-21-6-5-17-9-21/h5-7,9-10H,3-4,8H2,1-2H3,(H2,18,19,20). The zero-order valence-electron chi connectivity index (χ0n) is 12.1. The van der Waals surface area contributed by atoms with E-state index in [9.17, 15) is 0 Å². The van der Waals surface area contributed by atoms with E-state index in [1.165, 1.54) is 0 Å². The van der Waals surface area contributed by atoms with Crippen molar-refractivity contribution in [3.05, 3.63) is 34.8 Å². The third-order valence-electron chi connectivity index (χ3n) is 2.90. The van der Waals surface area contributed by atoms with Gasteiger partial charge in [0.05, 0.1) is 16.4 Å². The van der Waals surface area contributed by atoms with Crippen LogP contribution in [-0.4, -0.2) is 27.1 Å². The van der Waals surface area contributed by atoms with Crippen molar-refractivity contribution >= 4 is 34.8 Å². The van der Waals surface area contributed by atoms with Crippen molar-refractivity contribution in [2.45, 2.75) is 32.9 Å². The Kier molecular flexibility index (Phi) is 5.70. The second-order valence-corrected chi connectivity index (χ2v) is 5.70. The molecule has 0 aliphatic heterocycles. The van der Waals surface area contributed by atoms with Gasteiger partial charge >= 0.3 is 0 Å². The predicted molar refractivity (Wildman–Crippen MR) is 88.3 cm³/mol. The maximum Gasteiger partial charge on any atom is 0.147 e. The average molecular weight is 328 g/mol. The number of aromatic nitrogens is 3. The number of pyridine rings is 1. The minimum atomic E-state index is 0.157. The van der Waals surface area contributed by atoms with E-state index in [2.05, 4.69) is 34.4 Å². The highest BCUT2D eigenvalue weighted by atomic mass is 35.5. The van der Waals surface area contributed by atoms with E-state index in [0.29, 0.717) is 21.7 Å². The first-order valence-electron chi connectivity index (χ1n) is 6.92. The number of hydrogen-bond acceptors (Lipinski definition) is 4. The van der Waals surface area contributed by atoms with E-state index < -0.39 is 0 Å². The molecule has 0 bridgehead atoms. The van der Waals surface area contributed by atoms with E-state index in [4.69, 9.17) is 23.2 Å². The highest BCUT2D eigenvalue weighted by molar-refractivity contribution is 6.37. The minimum Gasteiger partial charge on any atom is -0.369 e. The Hall–Kier alpha value is -1.46. The van der Waals surface area contributed by atoms with Gasteiger partial charge in [0.2, 0.25) is 0 Å². The summed E-state index contributed by atoms with van der Waals surface area (Å²) >= 11 is 12.3. The second kappa shape index (κ2) is 7.52. The summed E-state index contributed by atoms with van der Waals surface area (Å²) in [5, 5.41) is 7.54. The summed E-state index contributed by atoms with van der Waals surface area (Å²) in [5.41, 5.74) is 0. The summed E-state index contributed by atoms with van der Waals surface area (Å²) in [6, 6.07) is 1.87. The molecular weight excluding hydrogens is 309 g/mol. The molecule has 0 amide bonds. The van der Waals surface area contributed by atoms with Crippen LogP contribution in [0.1, 0.15) is 20.3 Å². The van der Waals surface area contributed by atoms with Crippen molar-refractivity contribution < 1.29 is 0 Å². The van der Waals surface area contributed by atoms with Crippen molar-refractivity contribution in [1.82, 2.24) is 14.5 Å². The van der Waals surface area contributed by atoms with Crippen LogP contribution in [0.4, 0.5) is 11.6 Å². The van der Waals surface area contributed by atoms with Gasteiger partial charge in [-0.05, 0) is 19.4 Å². The van der Waals surface area contributed by atoms with E-state index in [-0.39, 0.29) is 6.04 Å². The molecule has 0 saturated carbocycles. The van der Waals surface area contributed by atoms with Crippen LogP contribution in [0.2, 0.25) is 10.0 Å². The summed E-state index contributed by atoms with van der Waals surface area (Å²) in [4.78, 5) is 8.49. The van der Waals surface area contributed by atoms with Gasteiger partial charge in [0.1, 0.15) is 11.6 Å². The van der Waals surface area contributed by atoms with Crippen molar-refractivity contribution in [2.75, 3.05) is 17.2 Å². The monoisotopic (exact) mass is 327 g/mol. The summed E-state index contributed by atoms with van der Waals surface area (Å²) in [5.74, 6) is 1.28. The van der Waals surface area contributed by atoms with Gasteiger partial charge in [-0.1, -0.05) is 30.1 Å². The molecule has 114 valence electrons. The fourth-order valence-electron chi connectivity index (χ4n) is 1.93. The Bertz CT molecular complexity index is 571. The number of nitrogens with zero attached hydrogens (tertiary/aromatic N) is 3. The van der Waals surface area contributed by atoms with E-state index >= 15 is 0 Å². The molecule has 0 fully saturated rings. The zero-order chi connectivity index (χ0) is 15.2. The summed E-state index contributed by atoms with van der Waals surface area (Å²) in [6.45, 7) is 5.74. The molecule has 2 aromatic heterocycles.